The molecule has 0 aliphatic heterocycles. The molecule has 0 saturated carbocycles. The zero-order valence-electron chi connectivity index (χ0n) is 14.7. The maximum atomic E-state index is 12.5. The van der Waals surface area contributed by atoms with Gasteiger partial charge in [-0.25, -0.2) is 0 Å². The van der Waals surface area contributed by atoms with Gasteiger partial charge in [0.25, 0.3) is 5.91 Å². The second-order valence-corrected chi connectivity index (χ2v) is 5.74. The molecular weight excluding hydrogens is 326 g/mol. The number of nitrogens with one attached hydrogen (secondary N) is 1. The van der Waals surface area contributed by atoms with E-state index in [0.717, 1.165) is 23.0 Å². The van der Waals surface area contributed by atoms with Crippen molar-refractivity contribution in [1.82, 2.24) is 4.57 Å². The van der Waals surface area contributed by atoms with Gasteiger partial charge in [0.05, 0.1) is 7.11 Å². The number of nitrogens with zero attached hydrogens (tertiary/aromatic N) is 2. The summed E-state index contributed by atoms with van der Waals surface area (Å²) in [6.45, 7) is 2.87. The smallest absolute Gasteiger partial charge is 0.266 e. The lowest BCUT2D eigenvalue weighted by molar-refractivity contribution is -0.112. The first-order valence-electron chi connectivity index (χ1n) is 8.31. The van der Waals surface area contributed by atoms with Crippen LogP contribution in [0.15, 0.2) is 60.3 Å². The summed E-state index contributed by atoms with van der Waals surface area (Å²) in [5.41, 5.74) is 2.59. The fourth-order valence-electron chi connectivity index (χ4n) is 2.83. The van der Waals surface area contributed by atoms with Gasteiger partial charge in [-0.3, -0.25) is 4.79 Å². The maximum Gasteiger partial charge on any atom is 0.266 e. The standard InChI is InChI=1S/C21H19N3O2/c1-3-24-14-16(19-6-4-5-7-20(19)24)12-15(13-22)21(25)23-17-8-10-18(26-2)11-9-17/h4-12,14H,3H2,1-2H3,(H,23,25)/b15-12+. The number of methoxy groups -OCH3 is 1. The van der Waals surface area contributed by atoms with Gasteiger partial charge in [0.1, 0.15) is 17.4 Å². The van der Waals surface area contributed by atoms with E-state index in [4.69, 9.17) is 4.74 Å². The second-order valence-electron chi connectivity index (χ2n) is 5.74. The van der Waals surface area contributed by atoms with Crippen LogP contribution in [-0.4, -0.2) is 17.6 Å². The molecule has 0 unspecified atom stereocenters. The highest BCUT2D eigenvalue weighted by molar-refractivity contribution is 6.10. The van der Waals surface area contributed by atoms with Crippen LogP contribution in [0, 0.1) is 11.3 Å². The number of benzene rings is 2. The Hall–Kier alpha value is -3.52. The number of carbonyl (C=O) groups excluding carboxylic acids is 1. The lowest BCUT2D eigenvalue weighted by Crippen LogP contribution is -2.13. The van der Waals surface area contributed by atoms with Gasteiger partial charge in [-0.05, 0) is 43.3 Å². The quantitative estimate of drug-likeness (QED) is 0.556. The summed E-state index contributed by atoms with van der Waals surface area (Å²) in [5.74, 6) is 0.261. The molecule has 0 saturated heterocycles. The number of carbonyl (C=O) groups is 1. The van der Waals surface area contributed by atoms with Crippen molar-refractivity contribution in [3.63, 3.8) is 0 Å². The zero-order chi connectivity index (χ0) is 18.5. The normalized spacial score (nSPS) is 11.2. The molecule has 1 aromatic heterocycles. The number of nitriles is 1. The topological polar surface area (TPSA) is 67.0 Å². The van der Waals surface area contributed by atoms with Crippen molar-refractivity contribution < 1.29 is 9.53 Å². The summed E-state index contributed by atoms with van der Waals surface area (Å²) in [4.78, 5) is 12.5. The van der Waals surface area contributed by atoms with Crippen LogP contribution in [0.25, 0.3) is 17.0 Å². The van der Waals surface area contributed by atoms with Crippen LogP contribution < -0.4 is 10.1 Å². The van der Waals surface area contributed by atoms with E-state index in [0.29, 0.717) is 11.4 Å². The summed E-state index contributed by atoms with van der Waals surface area (Å²) in [6, 6.07) is 16.9. The zero-order valence-corrected chi connectivity index (χ0v) is 14.7. The number of para-hydroxylation sites is 1. The van der Waals surface area contributed by atoms with Crippen molar-refractivity contribution in [2.75, 3.05) is 12.4 Å². The molecule has 0 radical (unpaired) electrons. The van der Waals surface area contributed by atoms with Crippen molar-refractivity contribution in [2.45, 2.75) is 13.5 Å². The SMILES string of the molecule is CCn1cc(/C=C(\C#N)C(=O)Nc2ccc(OC)cc2)c2ccccc21. The molecule has 5 nitrogen and oxygen atoms in total. The molecule has 3 rings (SSSR count). The third-order valence-electron chi connectivity index (χ3n) is 4.17. The molecule has 1 heterocycles. The summed E-state index contributed by atoms with van der Waals surface area (Å²) in [7, 11) is 1.58. The number of hydrogen-bond acceptors (Lipinski definition) is 3. The van der Waals surface area contributed by atoms with Crippen molar-refractivity contribution in [3.8, 4) is 11.8 Å². The monoisotopic (exact) mass is 345 g/mol. The highest BCUT2D eigenvalue weighted by atomic mass is 16.5. The molecule has 1 amide bonds. The summed E-state index contributed by atoms with van der Waals surface area (Å²) in [5, 5.41) is 13.2. The molecule has 0 spiro atoms. The van der Waals surface area contributed by atoms with Crippen LogP contribution in [0.5, 0.6) is 5.75 Å². The average molecular weight is 345 g/mol. The Bertz CT molecular complexity index is 1010. The number of rotatable bonds is 5. The number of fused-ring (bicyclic) bond motifs is 1. The van der Waals surface area contributed by atoms with Crippen LogP contribution >= 0.6 is 0 Å². The molecule has 3 aromatic rings. The third kappa shape index (κ3) is 3.45. The van der Waals surface area contributed by atoms with Crippen LogP contribution in [0.2, 0.25) is 0 Å². The number of aromatic nitrogens is 1. The first-order chi connectivity index (χ1) is 12.7. The molecule has 0 fully saturated rings. The average Bonchev–Trinajstić information content (AvgIpc) is 3.04. The summed E-state index contributed by atoms with van der Waals surface area (Å²) in [6.07, 6.45) is 3.59. The Morgan fingerprint density at radius 2 is 1.96 bits per heavy atom. The minimum absolute atomic E-state index is 0.0554. The Morgan fingerprint density at radius 1 is 1.23 bits per heavy atom. The van der Waals surface area contributed by atoms with Gasteiger partial charge in [-0.15, -0.1) is 0 Å². The first-order valence-corrected chi connectivity index (χ1v) is 8.31. The van der Waals surface area contributed by atoms with Crippen molar-refractivity contribution in [2.24, 2.45) is 0 Å². The van der Waals surface area contributed by atoms with Crippen LogP contribution in [0.4, 0.5) is 5.69 Å². The van der Waals surface area contributed by atoms with Crippen LogP contribution in [0.1, 0.15) is 12.5 Å². The van der Waals surface area contributed by atoms with Gasteiger partial charge in [0.15, 0.2) is 0 Å². The Kier molecular flexibility index (Phi) is 5.04. The molecule has 0 aliphatic rings. The maximum absolute atomic E-state index is 12.5. The molecule has 130 valence electrons. The van der Waals surface area contributed by atoms with Crippen molar-refractivity contribution in [3.05, 3.63) is 65.9 Å². The number of ether oxygens (including phenoxy) is 1. The van der Waals surface area contributed by atoms with Gasteiger partial charge in [-0.2, -0.15) is 5.26 Å². The molecule has 0 aliphatic carbocycles. The highest BCUT2D eigenvalue weighted by Gasteiger charge is 2.12. The highest BCUT2D eigenvalue weighted by Crippen LogP contribution is 2.24. The molecule has 5 heteroatoms. The summed E-state index contributed by atoms with van der Waals surface area (Å²) < 4.78 is 7.19. The van der Waals surface area contributed by atoms with Gasteiger partial charge >= 0.3 is 0 Å². The van der Waals surface area contributed by atoms with Gasteiger partial charge in [0, 0.05) is 34.9 Å². The van der Waals surface area contributed by atoms with E-state index in [9.17, 15) is 10.1 Å². The third-order valence-corrected chi connectivity index (χ3v) is 4.17. The second kappa shape index (κ2) is 7.58. The van der Waals surface area contributed by atoms with Crippen LogP contribution in [0.3, 0.4) is 0 Å². The molecular formula is C21H19N3O2. The molecule has 1 N–H and O–H groups in total. The number of anilines is 1. The van der Waals surface area contributed by atoms with Gasteiger partial charge in [0.2, 0.25) is 0 Å². The number of amides is 1. The van der Waals surface area contributed by atoms with E-state index in [2.05, 4.69) is 16.8 Å². The fourth-order valence-corrected chi connectivity index (χ4v) is 2.83. The van der Waals surface area contributed by atoms with E-state index in [1.54, 1.807) is 37.5 Å². The largest absolute Gasteiger partial charge is 0.497 e. The minimum atomic E-state index is -0.439. The van der Waals surface area contributed by atoms with E-state index >= 15 is 0 Å². The first kappa shape index (κ1) is 17.3. The van der Waals surface area contributed by atoms with Crippen molar-refractivity contribution in [1.29, 1.82) is 5.26 Å². The van der Waals surface area contributed by atoms with E-state index in [-0.39, 0.29) is 5.57 Å². The fraction of sp³-hybridized carbons (Fsp3) is 0.143. The lowest BCUT2D eigenvalue weighted by Gasteiger charge is -2.05. The van der Waals surface area contributed by atoms with Crippen molar-refractivity contribution >= 4 is 28.6 Å². The summed E-state index contributed by atoms with van der Waals surface area (Å²) >= 11 is 0. The lowest BCUT2D eigenvalue weighted by atomic mass is 10.1. The predicted octanol–water partition coefficient (Wildman–Crippen LogP) is 4.22. The Balaban J connectivity index is 1.90. The molecule has 2 aromatic carbocycles. The Labute approximate surface area is 152 Å². The van der Waals surface area contributed by atoms with Crippen LogP contribution in [-0.2, 0) is 11.3 Å². The molecule has 0 atom stereocenters. The number of hydrogen-bond donors (Lipinski definition) is 1. The minimum Gasteiger partial charge on any atom is -0.497 e. The van der Waals surface area contributed by atoms with Gasteiger partial charge in [-0.1, -0.05) is 18.2 Å². The number of aryl methyl sites for hydroxylation is 1. The molecule has 26 heavy (non-hydrogen) atoms. The van der Waals surface area contributed by atoms with E-state index < -0.39 is 5.91 Å². The van der Waals surface area contributed by atoms with Gasteiger partial charge < -0.3 is 14.6 Å². The van der Waals surface area contributed by atoms with E-state index in [1.165, 1.54) is 0 Å². The van der Waals surface area contributed by atoms with E-state index in [1.807, 2.05) is 36.5 Å². The predicted molar refractivity (Wildman–Crippen MR) is 103 cm³/mol. The Morgan fingerprint density at radius 3 is 2.62 bits per heavy atom. The molecule has 0 bridgehead atoms.